The summed E-state index contributed by atoms with van der Waals surface area (Å²) in [5, 5.41) is 16.9. The largest absolute Gasteiger partial charge is 0.368 e. The van der Waals surface area contributed by atoms with Crippen molar-refractivity contribution in [1.29, 1.82) is 0 Å². The molecule has 7 nitrogen and oxygen atoms in total. The van der Waals surface area contributed by atoms with Gasteiger partial charge in [-0.25, -0.2) is 4.39 Å². The van der Waals surface area contributed by atoms with Crippen molar-refractivity contribution in [3.63, 3.8) is 0 Å². The minimum Gasteiger partial charge on any atom is -0.368 e. The second-order valence-electron chi connectivity index (χ2n) is 7.24. The summed E-state index contributed by atoms with van der Waals surface area (Å²) < 4.78 is 20.0. The summed E-state index contributed by atoms with van der Waals surface area (Å²) in [6, 6.07) is 12.1. The molecule has 1 fully saturated rings. The molecule has 2 aromatic heterocycles. The molecule has 0 saturated carbocycles. The van der Waals surface area contributed by atoms with Crippen molar-refractivity contribution < 1.29 is 19.0 Å². The molecule has 164 valence electrons. The fourth-order valence-corrected chi connectivity index (χ4v) is 4.32. The zero-order valence-electron chi connectivity index (χ0n) is 17.3. The van der Waals surface area contributed by atoms with Crippen molar-refractivity contribution in [2.24, 2.45) is 0 Å². The minimum absolute atomic E-state index is 0.0292. The Hall–Kier alpha value is -2.75. The molecular formula is C22H25FN4O3S. The van der Waals surface area contributed by atoms with Gasteiger partial charge in [-0.2, -0.15) is 5.10 Å². The third kappa shape index (κ3) is 4.95. The number of amides is 1. The van der Waals surface area contributed by atoms with Crippen molar-refractivity contribution in [3.8, 4) is 10.6 Å². The van der Waals surface area contributed by atoms with Gasteiger partial charge in [-0.3, -0.25) is 9.48 Å². The van der Waals surface area contributed by atoms with E-state index < -0.39 is 6.29 Å². The van der Waals surface area contributed by atoms with Gasteiger partial charge in [-0.15, -0.1) is 11.3 Å². The average molecular weight is 445 g/mol. The highest BCUT2D eigenvalue weighted by Gasteiger charge is 2.24. The average Bonchev–Trinajstić information content (AvgIpc) is 3.45. The number of halogens is 1. The molecule has 1 aromatic carbocycles. The highest BCUT2D eigenvalue weighted by Crippen LogP contribution is 2.27. The van der Waals surface area contributed by atoms with Gasteiger partial charge in [0.1, 0.15) is 18.1 Å². The molecule has 0 spiro atoms. The Morgan fingerprint density at radius 1 is 1.23 bits per heavy atom. The molecule has 1 atom stereocenters. The molecule has 1 amide bonds. The van der Waals surface area contributed by atoms with Crippen LogP contribution >= 0.6 is 11.3 Å². The lowest BCUT2D eigenvalue weighted by Gasteiger charge is -2.36. The van der Waals surface area contributed by atoms with Crippen LogP contribution in [0.5, 0.6) is 0 Å². The topological polar surface area (TPSA) is 70.8 Å². The molecule has 1 unspecified atom stereocenters. The number of hydrogen-bond acceptors (Lipinski definition) is 6. The van der Waals surface area contributed by atoms with Crippen molar-refractivity contribution in [3.05, 3.63) is 59.4 Å². The summed E-state index contributed by atoms with van der Waals surface area (Å²) in [5.41, 5.74) is 2.12. The first kappa shape index (κ1) is 21.5. The van der Waals surface area contributed by atoms with Crippen LogP contribution in [-0.4, -0.2) is 58.5 Å². The smallest absolute Gasteiger partial charge is 0.244 e. The number of anilines is 1. The second kappa shape index (κ2) is 9.59. The van der Waals surface area contributed by atoms with Crippen LogP contribution in [0, 0.1) is 5.82 Å². The molecule has 3 heterocycles. The molecule has 1 aliphatic rings. The maximum absolute atomic E-state index is 13.2. The van der Waals surface area contributed by atoms with Gasteiger partial charge < -0.3 is 19.6 Å². The van der Waals surface area contributed by atoms with E-state index in [1.54, 1.807) is 41.4 Å². The number of aliphatic hydroxyl groups is 1. The summed E-state index contributed by atoms with van der Waals surface area (Å²) in [6.07, 6.45) is -1.14. The number of aliphatic hydroxyl groups excluding tert-OH is 1. The SMILES string of the molecule is CCOC(O)c1cc(-c2cccs2)nn1CC(=O)N1CCN(c2ccc(F)cc2)CC1. The van der Waals surface area contributed by atoms with Crippen molar-refractivity contribution in [2.45, 2.75) is 19.8 Å². The summed E-state index contributed by atoms with van der Waals surface area (Å²) in [4.78, 5) is 17.9. The Balaban J connectivity index is 1.44. The van der Waals surface area contributed by atoms with Gasteiger partial charge in [0.25, 0.3) is 0 Å². The van der Waals surface area contributed by atoms with Crippen LogP contribution in [0.1, 0.15) is 18.9 Å². The van der Waals surface area contributed by atoms with E-state index in [2.05, 4.69) is 10.00 Å². The zero-order valence-corrected chi connectivity index (χ0v) is 18.1. The fraction of sp³-hybridized carbons (Fsp3) is 0.364. The molecule has 9 heteroatoms. The van der Waals surface area contributed by atoms with E-state index >= 15 is 0 Å². The fourth-order valence-electron chi connectivity index (χ4n) is 3.64. The van der Waals surface area contributed by atoms with E-state index in [0.29, 0.717) is 44.2 Å². The molecule has 1 saturated heterocycles. The molecule has 1 N–H and O–H groups in total. The number of ether oxygens (including phenoxy) is 1. The van der Waals surface area contributed by atoms with Crippen LogP contribution in [0.3, 0.4) is 0 Å². The lowest BCUT2D eigenvalue weighted by Crippen LogP contribution is -2.49. The zero-order chi connectivity index (χ0) is 21.8. The maximum Gasteiger partial charge on any atom is 0.244 e. The van der Waals surface area contributed by atoms with Crippen LogP contribution < -0.4 is 4.90 Å². The Kier molecular flexibility index (Phi) is 6.64. The van der Waals surface area contributed by atoms with E-state index in [1.807, 2.05) is 17.5 Å². The van der Waals surface area contributed by atoms with Gasteiger partial charge in [0.2, 0.25) is 5.91 Å². The van der Waals surface area contributed by atoms with E-state index in [0.717, 1.165) is 10.6 Å². The van der Waals surface area contributed by atoms with E-state index in [-0.39, 0.29) is 18.3 Å². The van der Waals surface area contributed by atoms with Crippen LogP contribution in [0.15, 0.2) is 47.8 Å². The van der Waals surface area contributed by atoms with Gasteiger partial charge in [0.15, 0.2) is 6.29 Å². The normalized spacial score (nSPS) is 15.3. The summed E-state index contributed by atoms with van der Waals surface area (Å²) in [6.45, 7) is 4.66. The Morgan fingerprint density at radius 2 is 1.97 bits per heavy atom. The molecular weight excluding hydrogens is 419 g/mol. The van der Waals surface area contributed by atoms with Crippen LogP contribution in [0.2, 0.25) is 0 Å². The van der Waals surface area contributed by atoms with Gasteiger partial charge in [0, 0.05) is 38.5 Å². The van der Waals surface area contributed by atoms with Gasteiger partial charge in [0.05, 0.1) is 10.6 Å². The Morgan fingerprint density at radius 3 is 2.61 bits per heavy atom. The number of rotatable bonds is 7. The quantitative estimate of drug-likeness (QED) is 0.567. The molecule has 31 heavy (non-hydrogen) atoms. The molecule has 1 aliphatic heterocycles. The number of benzene rings is 1. The van der Waals surface area contributed by atoms with Crippen molar-refractivity contribution >= 4 is 22.9 Å². The van der Waals surface area contributed by atoms with Gasteiger partial charge in [-0.1, -0.05) is 6.07 Å². The second-order valence-corrected chi connectivity index (χ2v) is 8.19. The first-order valence-corrected chi connectivity index (χ1v) is 11.1. The predicted octanol–water partition coefficient (Wildman–Crippen LogP) is 3.13. The number of carbonyl (C=O) groups excluding carboxylic acids is 1. The van der Waals surface area contributed by atoms with Crippen molar-refractivity contribution in [1.82, 2.24) is 14.7 Å². The van der Waals surface area contributed by atoms with Gasteiger partial charge in [-0.05, 0) is 48.7 Å². The summed E-state index contributed by atoms with van der Waals surface area (Å²) in [7, 11) is 0. The Labute approximate surface area is 184 Å². The third-order valence-corrected chi connectivity index (χ3v) is 6.16. The highest BCUT2D eigenvalue weighted by atomic mass is 32.1. The molecule has 3 aromatic rings. The van der Waals surface area contributed by atoms with Gasteiger partial charge >= 0.3 is 0 Å². The number of thiophene rings is 1. The van der Waals surface area contributed by atoms with Crippen molar-refractivity contribution in [2.75, 3.05) is 37.7 Å². The maximum atomic E-state index is 13.2. The lowest BCUT2D eigenvalue weighted by molar-refractivity contribution is -0.133. The summed E-state index contributed by atoms with van der Waals surface area (Å²) >= 11 is 1.55. The lowest BCUT2D eigenvalue weighted by atomic mass is 10.2. The van der Waals surface area contributed by atoms with E-state index in [9.17, 15) is 14.3 Å². The first-order valence-electron chi connectivity index (χ1n) is 10.2. The van der Waals surface area contributed by atoms with E-state index in [1.165, 1.54) is 16.8 Å². The number of carbonyl (C=O) groups is 1. The molecule has 0 bridgehead atoms. The third-order valence-electron chi connectivity index (χ3n) is 5.27. The van der Waals surface area contributed by atoms with Crippen LogP contribution in [-0.2, 0) is 16.1 Å². The molecule has 0 aliphatic carbocycles. The molecule has 4 rings (SSSR count). The molecule has 0 radical (unpaired) electrons. The highest BCUT2D eigenvalue weighted by molar-refractivity contribution is 7.13. The number of nitrogens with zero attached hydrogens (tertiary/aromatic N) is 4. The number of aromatic nitrogens is 2. The van der Waals surface area contributed by atoms with Crippen LogP contribution in [0.4, 0.5) is 10.1 Å². The standard InChI is InChI=1S/C22H25FN4O3S/c1-2-30-22(29)19-14-18(20-4-3-13-31-20)24-27(19)15-21(28)26-11-9-25(10-12-26)17-7-5-16(23)6-8-17/h3-8,13-14,22,29H,2,9-12,15H2,1H3. The Bertz CT molecular complexity index is 998. The first-order chi connectivity index (χ1) is 15.0. The number of hydrogen-bond donors (Lipinski definition) is 1. The predicted molar refractivity (Wildman–Crippen MR) is 117 cm³/mol. The summed E-state index contributed by atoms with van der Waals surface area (Å²) in [5.74, 6) is -0.326. The monoisotopic (exact) mass is 444 g/mol. The minimum atomic E-state index is -1.14. The van der Waals surface area contributed by atoms with Crippen LogP contribution in [0.25, 0.3) is 10.6 Å². The number of piperazine rings is 1. The van der Waals surface area contributed by atoms with E-state index in [4.69, 9.17) is 4.74 Å².